The van der Waals surface area contributed by atoms with E-state index < -0.39 is 6.04 Å². The van der Waals surface area contributed by atoms with Crippen LogP contribution in [0.1, 0.15) is 30.2 Å². The number of aromatic nitrogens is 1. The maximum Gasteiger partial charge on any atom is 0.242 e. The van der Waals surface area contributed by atoms with Crippen molar-refractivity contribution < 1.29 is 9.59 Å². The molecule has 2 amide bonds. The fourth-order valence-electron chi connectivity index (χ4n) is 3.24. The molecular weight excluding hydrogens is 410 g/mol. The molecule has 0 aliphatic carbocycles. The van der Waals surface area contributed by atoms with Gasteiger partial charge in [0, 0.05) is 24.2 Å². The molecule has 0 saturated carbocycles. The number of nitrogens with one attached hydrogen (secondary N) is 1. The SMILES string of the molecule is C[C@@H](C(=O)NCc1ccccn1)N(Cc1ccc(Cl)cc1)C(=O)CCc1ccccc1. The van der Waals surface area contributed by atoms with Gasteiger partial charge in [-0.25, -0.2) is 0 Å². The number of benzene rings is 2. The van der Waals surface area contributed by atoms with Gasteiger partial charge in [-0.1, -0.05) is 60.1 Å². The lowest BCUT2D eigenvalue weighted by atomic mass is 10.1. The van der Waals surface area contributed by atoms with Crippen molar-refractivity contribution in [3.63, 3.8) is 0 Å². The van der Waals surface area contributed by atoms with E-state index in [4.69, 9.17) is 11.6 Å². The normalized spacial score (nSPS) is 11.5. The van der Waals surface area contributed by atoms with E-state index in [1.165, 1.54) is 0 Å². The molecule has 2 aromatic carbocycles. The Balaban J connectivity index is 1.69. The number of carbonyl (C=O) groups is 2. The molecule has 1 N–H and O–H groups in total. The highest BCUT2D eigenvalue weighted by Gasteiger charge is 2.25. The first-order valence-electron chi connectivity index (χ1n) is 10.3. The van der Waals surface area contributed by atoms with Crippen LogP contribution in [-0.4, -0.2) is 27.7 Å². The molecule has 6 heteroatoms. The first-order valence-corrected chi connectivity index (χ1v) is 10.7. The first-order chi connectivity index (χ1) is 15.0. The van der Waals surface area contributed by atoms with E-state index in [1.807, 2.05) is 60.7 Å². The van der Waals surface area contributed by atoms with Gasteiger partial charge in [0.15, 0.2) is 0 Å². The summed E-state index contributed by atoms with van der Waals surface area (Å²) in [4.78, 5) is 31.8. The second kappa shape index (κ2) is 11.3. The van der Waals surface area contributed by atoms with Crippen molar-refractivity contribution in [2.45, 2.75) is 38.9 Å². The Bertz CT molecular complexity index is 979. The maximum atomic E-state index is 13.1. The van der Waals surface area contributed by atoms with E-state index in [0.29, 0.717) is 31.0 Å². The summed E-state index contributed by atoms with van der Waals surface area (Å²) in [7, 11) is 0. The van der Waals surface area contributed by atoms with E-state index in [-0.39, 0.29) is 11.8 Å². The minimum absolute atomic E-state index is 0.0701. The van der Waals surface area contributed by atoms with Gasteiger partial charge in [0.2, 0.25) is 11.8 Å². The van der Waals surface area contributed by atoms with Crippen molar-refractivity contribution in [3.05, 3.63) is 101 Å². The minimum atomic E-state index is -0.623. The molecule has 3 aromatic rings. The largest absolute Gasteiger partial charge is 0.349 e. The van der Waals surface area contributed by atoms with E-state index >= 15 is 0 Å². The average Bonchev–Trinajstić information content (AvgIpc) is 2.81. The summed E-state index contributed by atoms with van der Waals surface area (Å²) in [6.45, 7) is 2.41. The van der Waals surface area contributed by atoms with E-state index in [2.05, 4.69) is 10.3 Å². The molecule has 5 nitrogen and oxygen atoms in total. The number of hydrogen-bond acceptors (Lipinski definition) is 3. The highest BCUT2D eigenvalue weighted by molar-refractivity contribution is 6.30. The van der Waals surface area contributed by atoms with Crippen LogP contribution in [0, 0.1) is 0 Å². The van der Waals surface area contributed by atoms with Crippen molar-refractivity contribution in [3.8, 4) is 0 Å². The van der Waals surface area contributed by atoms with Gasteiger partial charge in [-0.15, -0.1) is 0 Å². The minimum Gasteiger partial charge on any atom is -0.349 e. The van der Waals surface area contributed by atoms with Crippen LogP contribution in [0.15, 0.2) is 79.0 Å². The standard InChI is InChI=1S/C25H26ClN3O2/c1-19(25(31)28-17-23-9-5-6-16-27-23)29(18-21-10-13-22(26)14-11-21)24(30)15-12-20-7-3-2-4-8-20/h2-11,13-14,16,19H,12,15,17-18H2,1H3,(H,28,31)/t19-/m0/s1. The summed E-state index contributed by atoms with van der Waals surface area (Å²) in [5, 5.41) is 3.52. The molecule has 1 atom stereocenters. The van der Waals surface area contributed by atoms with Crippen molar-refractivity contribution in [1.82, 2.24) is 15.2 Å². The van der Waals surface area contributed by atoms with Crippen LogP contribution in [0.3, 0.4) is 0 Å². The highest BCUT2D eigenvalue weighted by Crippen LogP contribution is 2.15. The molecule has 31 heavy (non-hydrogen) atoms. The fourth-order valence-corrected chi connectivity index (χ4v) is 3.36. The van der Waals surface area contributed by atoms with Crippen molar-refractivity contribution >= 4 is 23.4 Å². The molecule has 0 aliphatic rings. The topological polar surface area (TPSA) is 62.3 Å². The molecule has 0 bridgehead atoms. The smallest absolute Gasteiger partial charge is 0.242 e. The van der Waals surface area contributed by atoms with Crippen LogP contribution in [-0.2, 0) is 29.1 Å². The molecule has 0 unspecified atom stereocenters. The molecular formula is C25H26ClN3O2. The molecule has 0 radical (unpaired) electrons. The monoisotopic (exact) mass is 435 g/mol. The second-order valence-electron chi connectivity index (χ2n) is 7.35. The van der Waals surface area contributed by atoms with Crippen molar-refractivity contribution in [2.24, 2.45) is 0 Å². The zero-order valence-corrected chi connectivity index (χ0v) is 18.3. The summed E-state index contributed by atoms with van der Waals surface area (Å²) in [6, 6.07) is 22.1. The molecule has 3 rings (SSSR count). The lowest BCUT2D eigenvalue weighted by Gasteiger charge is -2.29. The summed E-state index contributed by atoms with van der Waals surface area (Å²) < 4.78 is 0. The predicted octanol–water partition coefficient (Wildman–Crippen LogP) is 4.40. The number of nitrogens with zero attached hydrogens (tertiary/aromatic N) is 2. The Morgan fingerprint density at radius 1 is 0.968 bits per heavy atom. The Hall–Kier alpha value is -3.18. The van der Waals surface area contributed by atoms with Gasteiger partial charge in [0.25, 0.3) is 0 Å². The second-order valence-corrected chi connectivity index (χ2v) is 7.78. The Kier molecular flexibility index (Phi) is 8.19. The molecule has 0 saturated heterocycles. The highest BCUT2D eigenvalue weighted by atomic mass is 35.5. The van der Waals surface area contributed by atoms with Gasteiger partial charge in [0.05, 0.1) is 12.2 Å². The molecule has 0 aliphatic heterocycles. The molecule has 0 spiro atoms. The van der Waals surface area contributed by atoms with Gasteiger partial charge >= 0.3 is 0 Å². The van der Waals surface area contributed by atoms with Gasteiger partial charge in [-0.2, -0.15) is 0 Å². The number of rotatable bonds is 9. The van der Waals surface area contributed by atoms with E-state index in [0.717, 1.165) is 16.8 Å². The van der Waals surface area contributed by atoms with Gasteiger partial charge in [-0.3, -0.25) is 14.6 Å². The van der Waals surface area contributed by atoms with Crippen LogP contribution in [0.25, 0.3) is 0 Å². The molecule has 1 aromatic heterocycles. The number of hydrogen-bond donors (Lipinski definition) is 1. The van der Waals surface area contributed by atoms with E-state index in [1.54, 1.807) is 30.2 Å². The first kappa shape index (κ1) is 22.5. The Labute approximate surface area is 188 Å². The van der Waals surface area contributed by atoms with Crippen LogP contribution in [0.4, 0.5) is 0 Å². The van der Waals surface area contributed by atoms with E-state index in [9.17, 15) is 9.59 Å². The average molecular weight is 436 g/mol. The summed E-state index contributed by atoms with van der Waals surface area (Å²) in [5.74, 6) is -0.285. The van der Waals surface area contributed by atoms with Gasteiger partial charge < -0.3 is 10.2 Å². The molecule has 0 fully saturated rings. The quantitative estimate of drug-likeness (QED) is 0.541. The van der Waals surface area contributed by atoms with Crippen molar-refractivity contribution in [2.75, 3.05) is 0 Å². The number of aryl methyl sites for hydroxylation is 1. The third kappa shape index (κ3) is 6.93. The number of carbonyl (C=O) groups excluding carboxylic acids is 2. The third-order valence-electron chi connectivity index (χ3n) is 5.07. The summed E-state index contributed by atoms with van der Waals surface area (Å²) >= 11 is 5.99. The van der Waals surface area contributed by atoms with Crippen LogP contribution >= 0.6 is 11.6 Å². The fraction of sp³-hybridized carbons (Fsp3) is 0.240. The lowest BCUT2D eigenvalue weighted by Crippen LogP contribution is -2.47. The molecule has 160 valence electrons. The Morgan fingerprint density at radius 3 is 2.35 bits per heavy atom. The molecule has 1 heterocycles. The Morgan fingerprint density at radius 2 is 1.68 bits per heavy atom. The maximum absolute atomic E-state index is 13.1. The van der Waals surface area contributed by atoms with Crippen LogP contribution < -0.4 is 5.32 Å². The number of amides is 2. The van der Waals surface area contributed by atoms with Crippen LogP contribution in [0.2, 0.25) is 5.02 Å². The summed E-state index contributed by atoms with van der Waals surface area (Å²) in [5.41, 5.74) is 2.78. The van der Waals surface area contributed by atoms with Gasteiger partial charge in [0.1, 0.15) is 6.04 Å². The zero-order chi connectivity index (χ0) is 22.1. The summed E-state index contributed by atoms with van der Waals surface area (Å²) in [6.07, 6.45) is 2.64. The lowest BCUT2D eigenvalue weighted by molar-refractivity contribution is -0.140. The van der Waals surface area contributed by atoms with Crippen molar-refractivity contribution in [1.29, 1.82) is 0 Å². The van der Waals surface area contributed by atoms with Crippen LogP contribution in [0.5, 0.6) is 0 Å². The number of halogens is 1. The number of pyridine rings is 1. The third-order valence-corrected chi connectivity index (χ3v) is 5.33. The predicted molar refractivity (Wildman–Crippen MR) is 122 cm³/mol. The van der Waals surface area contributed by atoms with Gasteiger partial charge in [-0.05, 0) is 48.7 Å². The zero-order valence-electron chi connectivity index (χ0n) is 17.5.